The third kappa shape index (κ3) is 5.71. The molecule has 0 unspecified atom stereocenters. The van der Waals surface area contributed by atoms with E-state index in [-0.39, 0.29) is 5.75 Å². The monoisotopic (exact) mass is 516 g/mol. The van der Waals surface area contributed by atoms with Gasteiger partial charge in [0.05, 0.1) is 25.5 Å². The zero-order valence-electron chi connectivity index (χ0n) is 21.4. The molecule has 0 spiro atoms. The Morgan fingerprint density at radius 1 is 0.795 bits per heavy atom. The van der Waals surface area contributed by atoms with Crippen molar-refractivity contribution in [1.82, 2.24) is 19.9 Å². The first kappa shape index (κ1) is 24.5. The van der Waals surface area contributed by atoms with E-state index in [0.717, 1.165) is 60.1 Å². The largest absolute Gasteiger partial charge is 0.508 e. The first-order valence-corrected chi connectivity index (χ1v) is 12.9. The summed E-state index contributed by atoms with van der Waals surface area (Å²) in [6, 6.07) is 25.7. The van der Waals surface area contributed by atoms with Crippen molar-refractivity contribution in [3.05, 3.63) is 109 Å². The normalized spacial score (nSPS) is 13.3. The summed E-state index contributed by atoms with van der Waals surface area (Å²) in [6.07, 6.45) is 6.94. The molecule has 1 saturated heterocycles. The average Bonchev–Trinajstić information content (AvgIpc) is 3.01. The highest BCUT2D eigenvalue weighted by molar-refractivity contribution is 5.72. The van der Waals surface area contributed by atoms with Crippen molar-refractivity contribution in [3.8, 4) is 28.1 Å². The van der Waals surface area contributed by atoms with Crippen molar-refractivity contribution >= 4 is 17.3 Å². The zero-order valence-corrected chi connectivity index (χ0v) is 21.4. The number of aromatic nitrogens is 4. The number of phenols is 1. The molecule has 8 heteroatoms. The molecule has 0 aliphatic carbocycles. The van der Waals surface area contributed by atoms with E-state index in [9.17, 15) is 5.11 Å². The topological polar surface area (TPSA) is 87.5 Å². The number of anilines is 3. The van der Waals surface area contributed by atoms with E-state index >= 15 is 0 Å². The van der Waals surface area contributed by atoms with Crippen molar-refractivity contribution in [1.29, 1.82) is 0 Å². The highest BCUT2D eigenvalue weighted by atomic mass is 16.5. The van der Waals surface area contributed by atoms with Crippen LogP contribution in [0.25, 0.3) is 22.4 Å². The molecule has 194 valence electrons. The van der Waals surface area contributed by atoms with E-state index in [1.165, 1.54) is 12.0 Å². The number of hydrogen-bond donors (Lipinski definition) is 1. The van der Waals surface area contributed by atoms with Crippen molar-refractivity contribution < 1.29 is 9.84 Å². The Hall–Kier alpha value is -4.82. The number of phenolic OH excluding ortho intramolecular Hbond substituents is 1. The van der Waals surface area contributed by atoms with Crippen LogP contribution in [0.4, 0.5) is 17.3 Å². The third-order valence-electron chi connectivity index (χ3n) is 6.72. The van der Waals surface area contributed by atoms with E-state index in [2.05, 4.69) is 50.2 Å². The highest BCUT2D eigenvalue weighted by Crippen LogP contribution is 2.30. The molecule has 1 fully saturated rings. The van der Waals surface area contributed by atoms with E-state index in [1.54, 1.807) is 18.3 Å². The molecular formula is C31H28N6O2. The van der Waals surface area contributed by atoms with Gasteiger partial charge in [0.15, 0.2) is 0 Å². The van der Waals surface area contributed by atoms with Crippen LogP contribution in [0.3, 0.4) is 0 Å². The summed E-state index contributed by atoms with van der Waals surface area (Å²) >= 11 is 0. The quantitative estimate of drug-likeness (QED) is 0.304. The number of nitrogens with zero attached hydrogens (tertiary/aromatic N) is 6. The second-order valence-corrected chi connectivity index (χ2v) is 9.31. The molecule has 0 saturated carbocycles. The maximum absolute atomic E-state index is 9.99. The molecule has 1 aliphatic rings. The van der Waals surface area contributed by atoms with E-state index in [1.807, 2.05) is 53.7 Å². The Bertz CT molecular complexity index is 1540. The number of aromatic hydroxyl groups is 1. The summed E-state index contributed by atoms with van der Waals surface area (Å²) in [5, 5.41) is 9.99. The lowest BCUT2D eigenvalue weighted by Gasteiger charge is -2.28. The van der Waals surface area contributed by atoms with Gasteiger partial charge in [0.25, 0.3) is 0 Å². The Morgan fingerprint density at radius 2 is 1.62 bits per heavy atom. The lowest BCUT2D eigenvalue weighted by Crippen LogP contribution is -2.36. The SMILES string of the molecule is Oc1cccc(CN(c2ccncn2)c2cccc(-c3cncc(-c4ccc(N5CCOCC5)cc4)c3)n2)c1. The molecule has 1 N–H and O–H groups in total. The van der Waals surface area contributed by atoms with Crippen LogP contribution < -0.4 is 9.80 Å². The van der Waals surface area contributed by atoms with Crippen LogP contribution in [-0.4, -0.2) is 51.3 Å². The summed E-state index contributed by atoms with van der Waals surface area (Å²) in [6.45, 7) is 3.84. The minimum atomic E-state index is 0.220. The van der Waals surface area contributed by atoms with Gasteiger partial charge in [-0.15, -0.1) is 0 Å². The van der Waals surface area contributed by atoms with Gasteiger partial charge in [-0.25, -0.2) is 15.0 Å². The highest BCUT2D eigenvalue weighted by Gasteiger charge is 2.15. The Labute approximate surface area is 227 Å². The molecular weight excluding hydrogens is 488 g/mol. The molecule has 0 atom stereocenters. The van der Waals surface area contributed by atoms with Crippen LogP contribution >= 0.6 is 0 Å². The summed E-state index contributed by atoms with van der Waals surface area (Å²) in [7, 11) is 0. The molecule has 0 radical (unpaired) electrons. The second kappa shape index (κ2) is 11.3. The van der Waals surface area contributed by atoms with Gasteiger partial charge < -0.3 is 19.6 Å². The first-order valence-electron chi connectivity index (χ1n) is 12.9. The molecule has 4 heterocycles. The van der Waals surface area contributed by atoms with Crippen LogP contribution in [-0.2, 0) is 11.3 Å². The molecule has 39 heavy (non-hydrogen) atoms. The van der Waals surface area contributed by atoms with Crippen molar-refractivity contribution in [2.24, 2.45) is 0 Å². The predicted octanol–water partition coefficient (Wildman–Crippen LogP) is 5.48. The molecule has 5 aromatic rings. The van der Waals surface area contributed by atoms with Crippen LogP contribution in [0.2, 0.25) is 0 Å². The van der Waals surface area contributed by atoms with Crippen molar-refractivity contribution in [2.45, 2.75) is 6.54 Å². The minimum Gasteiger partial charge on any atom is -0.508 e. The number of rotatable bonds is 7. The smallest absolute Gasteiger partial charge is 0.137 e. The predicted molar refractivity (Wildman–Crippen MR) is 152 cm³/mol. The number of morpholine rings is 1. The number of benzene rings is 2. The summed E-state index contributed by atoms with van der Waals surface area (Å²) in [5.41, 5.74) is 6.00. The lowest BCUT2D eigenvalue weighted by molar-refractivity contribution is 0.122. The number of pyridine rings is 2. The van der Waals surface area contributed by atoms with Gasteiger partial charge in [0, 0.05) is 48.5 Å². The Kier molecular flexibility index (Phi) is 7.09. The Balaban J connectivity index is 1.29. The second-order valence-electron chi connectivity index (χ2n) is 9.31. The number of ether oxygens (including phenoxy) is 1. The zero-order chi connectivity index (χ0) is 26.4. The molecule has 3 aromatic heterocycles. The van der Waals surface area contributed by atoms with Gasteiger partial charge >= 0.3 is 0 Å². The molecule has 0 amide bonds. The maximum atomic E-state index is 9.99. The van der Waals surface area contributed by atoms with Crippen LogP contribution in [0.5, 0.6) is 5.75 Å². The van der Waals surface area contributed by atoms with Crippen LogP contribution in [0, 0.1) is 0 Å². The van der Waals surface area contributed by atoms with Gasteiger partial charge in [-0.05, 0) is 59.7 Å². The molecule has 2 aromatic carbocycles. The lowest BCUT2D eigenvalue weighted by atomic mass is 10.0. The molecule has 6 rings (SSSR count). The maximum Gasteiger partial charge on any atom is 0.137 e. The van der Waals surface area contributed by atoms with Gasteiger partial charge in [-0.1, -0.05) is 30.3 Å². The van der Waals surface area contributed by atoms with Gasteiger partial charge in [-0.2, -0.15) is 0 Å². The van der Waals surface area contributed by atoms with E-state index < -0.39 is 0 Å². The van der Waals surface area contributed by atoms with Crippen LogP contribution in [0.1, 0.15) is 5.56 Å². The van der Waals surface area contributed by atoms with Crippen molar-refractivity contribution in [3.63, 3.8) is 0 Å². The minimum absolute atomic E-state index is 0.220. The average molecular weight is 517 g/mol. The fourth-order valence-electron chi connectivity index (χ4n) is 4.72. The number of hydrogen-bond acceptors (Lipinski definition) is 8. The fraction of sp³-hybridized carbons (Fsp3) is 0.161. The van der Waals surface area contributed by atoms with Gasteiger partial charge in [-0.3, -0.25) is 4.98 Å². The van der Waals surface area contributed by atoms with Gasteiger partial charge in [0.1, 0.15) is 23.7 Å². The summed E-state index contributed by atoms with van der Waals surface area (Å²) in [5.74, 6) is 1.66. The fourth-order valence-corrected chi connectivity index (χ4v) is 4.72. The molecule has 1 aliphatic heterocycles. The van der Waals surface area contributed by atoms with Gasteiger partial charge in [0.2, 0.25) is 0 Å². The summed E-state index contributed by atoms with van der Waals surface area (Å²) in [4.78, 5) is 22.4. The summed E-state index contributed by atoms with van der Waals surface area (Å²) < 4.78 is 5.48. The molecule has 8 nitrogen and oxygen atoms in total. The van der Waals surface area contributed by atoms with Crippen LogP contribution in [0.15, 0.2) is 104 Å². The van der Waals surface area contributed by atoms with E-state index in [4.69, 9.17) is 9.72 Å². The van der Waals surface area contributed by atoms with E-state index in [0.29, 0.717) is 12.4 Å². The Morgan fingerprint density at radius 3 is 2.41 bits per heavy atom. The van der Waals surface area contributed by atoms with Crippen molar-refractivity contribution in [2.75, 3.05) is 36.1 Å². The standard InChI is InChI=1S/C31H28N6O2/c38-28-4-1-3-23(17-28)21-37(30-11-12-32-22-34-30)31-6-2-5-29(35-31)26-18-25(19-33-20-26)24-7-9-27(10-8-24)36-13-15-39-16-14-36/h1-12,17-20,22,38H,13-16,21H2. The molecule has 0 bridgehead atoms. The third-order valence-corrected chi connectivity index (χ3v) is 6.72. The first-order chi connectivity index (χ1) is 19.2.